The molecule has 0 radical (unpaired) electrons. The molecule has 3 aromatic rings. The fourth-order valence-electron chi connectivity index (χ4n) is 2.11. The van der Waals surface area contributed by atoms with Gasteiger partial charge in [0.05, 0.1) is 17.0 Å². The van der Waals surface area contributed by atoms with E-state index in [4.69, 9.17) is 8.94 Å². The number of aromatic nitrogens is 3. The third-order valence-electron chi connectivity index (χ3n) is 3.29. The summed E-state index contributed by atoms with van der Waals surface area (Å²) < 4.78 is 36.7. The zero-order valence-electron chi connectivity index (χ0n) is 12.7. The Hall–Kier alpha value is -2.46. The first kappa shape index (κ1) is 15.4. The third kappa shape index (κ3) is 2.66. The standard InChI is InChI=1S/C13H14N4O5S/c1-8-14-12(15-22-8)7-17-10-5-4-9(23(19,20)16(2)3)6-11(10)21-13(17)18/h4-6H,7H2,1-3H3. The third-order valence-corrected chi connectivity index (χ3v) is 5.10. The summed E-state index contributed by atoms with van der Waals surface area (Å²) in [6.45, 7) is 1.72. The van der Waals surface area contributed by atoms with Gasteiger partial charge in [0.2, 0.25) is 15.9 Å². The summed E-state index contributed by atoms with van der Waals surface area (Å²) in [5.41, 5.74) is 0.633. The number of fused-ring (bicyclic) bond motifs is 1. The van der Waals surface area contributed by atoms with Gasteiger partial charge in [-0.15, -0.1) is 0 Å². The van der Waals surface area contributed by atoms with Crippen molar-refractivity contribution >= 4 is 21.1 Å². The van der Waals surface area contributed by atoms with Gasteiger partial charge in [-0.3, -0.25) is 4.57 Å². The number of oxazole rings is 1. The van der Waals surface area contributed by atoms with Gasteiger partial charge in [0.25, 0.3) is 0 Å². The maximum atomic E-state index is 12.1. The van der Waals surface area contributed by atoms with Crippen LogP contribution in [0.5, 0.6) is 0 Å². The fourth-order valence-corrected chi connectivity index (χ4v) is 3.03. The second-order valence-electron chi connectivity index (χ2n) is 5.10. The second kappa shape index (κ2) is 5.32. The topological polar surface area (TPSA) is 111 Å². The van der Waals surface area contributed by atoms with Crippen LogP contribution in [0.3, 0.4) is 0 Å². The van der Waals surface area contributed by atoms with Gasteiger partial charge in [-0.2, -0.15) is 4.98 Å². The van der Waals surface area contributed by atoms with Crippen LogP contribution in [0.15, 0.2) is 36.8 Å². The van der Waals surface area contributed by atoms with E-state index >= 15 is 0 Å². The van der Waals surface area contributed by atoms with Crippen molar-refractivity contribution in [3.63, 3.8) is 0 Å². The Balaban J connectivity index is 2.09. The maximum absolute atomic E-state index is 12.1. The molecule has 2 aromatic heterocycles. The minimum absolute atomic E-state index is 0.0475. The molecule has 0 aliphatic heterocycles. The maximum Gasteiger partial charge on any atom is 0.420 e. The fraction of sp³-hybridized carbons (Fsp3) is 0.308. The van der Waals surface area contributed by atoms with Crippen molar-refractivity contribution in [3.8, 4) is 0 Å². The number of hydrogen-bond donors (Lipinski definition) is 0. The molecule has 0 saturated carbocycles. The van der Waals surface area contributed by atoms with Gasteiger partial charge in [0.15, 0.2) is 11.4 Å². The van der Waals surface area contributed by atoms with Crippen LogP contribution in [-0.2, 0) is 16.6 Å². The van der Waals surface area contributed by atoms with Gasteiger partial charge in [0.1, 0.15) is 0 Å². The Labute approximate surface area is 131 Å². The van der Waals surface area contributed by atoms with Crippen LogP contribution in [0.1, 0.15) is 11.7 Å². The molecule has 0 amide bonds. The first-order valence-electron chi connectivity index (χ1n) is 6.64. The van der Waals surface area contributed by atoms with Crippen LogP contribution in [0.4, 0.5) is 0 Å². The van der Waals surface area contributed by atoms with E-state index in [1.54, 1.807) is 6.92 Å². The smallest absolute Gasteiger partial charge is 0.408 e. The molecular formula is C13H14N4O5S. The molecule has 0 spiro atoms. The average Bonchev–Trinajstić information content (AvgIpc) is 3.02. The molecule has 0 atom stereocenters. The molecule has 9 nitrogen and oxygen atoms in total. The number of nitrogens with zero attached hydrogens (tertiary/aromatic N) is 4. The Morgan fingerprint density at radius 2 is 2.04 bits per heavy atom. The largest absolute Gasteiger partial charge is 0.420 e. The lowest BCUT2D eigenvalue weighted by Crippen LogP contribution is -2.22. The molecule has 1 aromatic carbocycles. The number of sulfonamides is 1. The Bertz CT molecular complexity index is 1030. The van der Waals surface area contributed by atoms with Crippen molar-refractivity contribution in [2.24, 2.45) is 0 Å². The van der Waals surface area contributed by atoms with Crippen LogP contribution in [-0.4, -0.2) is 41.5 Å². The lowest BCUT2D eigenvalue weighted by Gasteiger charge is -2.10. The van der Waals surface area contributed by atoms with E-state index in [0.29, 0.717) is 17.2 Å². The minimum Gasteiger partial charge on any atom is -0.408 e. The van der Waals surface area contributed by atoms with E-state index in [-0.39, 0.29) is 17.0 Å². The molecule has 10 heteroatoms. The highest BCUT2D eigenvalue weighted by molar-refractivity contribution is 7.89. The van der Waals surface area contributed by atoms with E-state index in [1.807, 2.05) is 0 Å². The van der Waals surface area contributed by atoms with Crippen molar-refractivity contribution in [2.45, 2.75) is 18.4 Å². The van der Waals surface area contributed by atoms with Crippen molar-refractivity contribution in [1.82, 2.24) is 19.0 Å². The van der Waals surface area contributed by atoms with E-state index in [0.717, 1.165) is 4.31 Å². The van der Waals surface area contributed by atoms with Crippen LogP contribution >= 0.6 is 0 Å². The van der Waals surface area contributed by atoms with Crippen LogP contribution < -0.4 is 5.76 Å². The second-order valence-corrected chi connectivity index (χ2v) is 7.25. The molecule has 0 N–H and O–H groups in total. The van der Waals surface area contributed by atoms with Gasteiger partial charge < -0.3 is 8.94 Å². The monoisotopic (exact) mass is 338 g/mol. The SMILES string of the molecule is Cc1nc(Cn2c(=O)oc3cc(S(=O)(=O)N(C)C)ccc32)no1. The summed E-state index contributed by atoms with van der Waals surface area (Å²) in [5, 5.41) is 3.73. The molecular weight excluding hydrogens is 324 g/mol. The number of hydrogen-bond acceptors (Lipinski definition) is 7. The van der Waals surface area contributed by atoms with Crippen LogP contribution in [0, 0.1) is 6.92 Å². The average molecular weight is 338 g/mol. The molecule has 0 unspecified atom stereocenters. The molecule has 0 bridgehead atoms. The molecule has 0 aliphatic rings. The van der Waals surface area contributed by atoms with Gasteiger partial charge >= 0.3 is 5.76 Å². The Morgan fingerprint density at radius 3 is 2.65 bits per heavy atom. The van der Waals surface area contributed by atoms with Crippen molar-refractivity contribution < 1.29 is 17.4 Å². The molecule has 3 rings (SSSR count). The minimum atomic E-state index is -3.61. The van der Waals surface area contributed by atoms with Gasteiger partial charge in [-0.05, 0) is 12.1 Å². The molecule has 122 valence electrons. The summed E-state index contributed by atoms with van der Waals surface area (Å²) in [5.74, 6) is 0.0966. The summed E-state index contributed by atoms with van der Waals surface area (Å²) >= 11 is 0. The van der Waals surface area contributed by atoms with E-state index in [1.165, 1.54) is 36.9 Å². The predicted octanol–water partition coefficient (Wildman–Crippen LogP) is 0.585. The predicted molar refractivity (Wildman–Crippen MR) is 79.5 cm³/mol. The lowest BCUT2D eigenvalue weighted by atomic mass is 10.3. The zero-order valence-corrected chi connectivity index (χ0v) is 13.5. The van der Waals surface area contributed by atoms with Crippen LogP contribution in [0.2, 0.25) is 0 Å². The van der Waals surface area contributed by atoms with Crippen molar-refractivity contribution in [1.29, 1.82) is 0 Å². The Kier molecular flexibility index (Phi) is 3.57. The first-order chi connectivity index (χ1) is 10.8. The highest BCUT2D eigenvalue weighted by Crippen LogP contribution is 2.20. The molecule has 2 heterocycles. The zero-order chi connectivity index (χ0) is 16.8. The number of aryl methyl sites for hydroxylation is 1. The molecule has 23 heavy (non-hydrogen) atoms. The summed E-state index contributed by atoms with van der Waals surface area (Å²) in [7, 11) is -0.745. The van der Waals surface area contributed by atoms with E-state index < -0.39 is 15.8 Å². The molecule has 0 saturated heterocycles. The van der Waals surface area contributed by atoms with Gasteiger partial charge in [0, 0.05) is 27.1 Å². The summed E-state index contributed by atoms with van der Waals surface area (Å²) in [6, 6.07) is 4.26. The normalized spacial score (nSPS) is 12.3. The number of rotatable bonds is 4. The highest BCUT2D eigenvalue weighted by atomic mass is 32.2. The van der Waals surface area contributed by atoms with Crippen molar-refractivity contribution in [3.05, 3.63) is 40.5 Å². The van der Waals surface area contributed by atoms with E-state index in [9.17, 15) is 13.2 Å². The molecule has 0 aliphatic carbocycles. The van der Waals surface area contributed by atoms with E-state index in [2.05, 4.69) is 10.1 Å². The van der Waals surface area contributed by atoms with Gasteiger partial charge in [-0.25, -0.2) is 17.5 Å². The Morgan fingerprint density at radius 1 is 1.30 bits per heavy atom. The summed E-state index contributed by atoms with van der Waals surface area (Å²) in [4.78, 5) is 16.1. The quantitative estimate of drug-likeness (QED) is 0.684. The van der Waals surface area contributed by atoms with Gasteiger partial charge in [-0.1, -0.05) is 5.16 Å². The first-order valence-corrected chi connectivity index (χ1v) is 8.08. The lowest BCUT2D eigenvalue weighted by molar-refractivity contribution is 0.385. The molecule has 0 fully saturated rings. The highest BCUT2D eigenvalue weighted by Gasteiger charge is 2.20. The van der Waals surface area contributed by atoms with Crippen molar-refractivity contribution in [2.75, 3.05) is 14.1 Å². The van der Waals surface area contributed by atoms with Crippen LogP contribution in [0.25, 0.3) is 11.1 Å². The number of benzene rings is 1. The summed E-state index contributed by atoms with van der Waals surface area (Å²) in [6.07, 6.45) is 0.